The van der Waals surface area contributed by atoms with Crippen molar-refractivity contribution in [2.75, 3.05) is 24.5 Å². The van der Waals surface area contributed by atoms with Crippen LogP contribution in [0.2, 0.25) is 0 Å². The van der Waals surface area contributed by atoms with E-state index >= 15 is 0 Å². The van der Waals surface area contributed by atoms with Crippen molar-refractivity contribution >= 4 is 23.1 Å². The number of hydrogen-bond donors (Lipinski definition) is 1. The van der Waals surface area contributed by atoms with Gasteiger partial charge in [-0.3, -0.25) is 23.8 Å². The molecular weight excluding hydrogens is 445 g/mol. The molecule has 1 fully saturated rings. The smallest absolute Gasteiger partial charge is 0.438 e. The van der Waals surface area contributed by atoms with Gasteiger partial charge in [0.25, 0.3) is 5.56 Å². The van der Waals surface area contributed by atoms with Gasteiger partial charge in [0.1, 0.15) is 0 Å². The first-order valence-corrected chi connectivity index (χ1v) is 9.95. The highest BCUT2D eigenvalue weighted by Crippen LogP contribution is 2.23. The van der Waals surface area contributed by atoms with Crippen LogP contribution < -0.4 is 21.5 Å². The summed E-state index contributed by atoms with van der Waals surface area (Å²) in [4.78, 5) is 43.1. The summed E-state index contributed by atoms with van der Waals surface area (Å²) < 4.78 is 46.1. The fourth-order valence-corrected chi connectivity index (χ4v) is 3.48. The van der Waals surface area contributed by atoms with Crippen molar-refractivity contribution in [3.05, 3.63) is 33.0 Å². The molecule has 0 spiro atoms. The molecule has 0 aromatic carbocycles. The third-order valence-electron chi connectivity index (χ3n) is 4.96. The lowest BCUT2D eigenvalue weighted by Gasteiger charge is -2.33. The van der Waals surface area contributed by atoms with Crippen LogP contribution >= 0.6 is 0 Å². The first kappa shape index (κ1) is 24.1. The number of piperazine rings is 1. The van der Waals surface area contributed by atoms with Crippen LogP contribution in [0.3, 0.4) is 0 Å². The normalized spacial score (nSPS) is 16.4. The van der Waals surface area contributed by atoms with Crippen molar-refractivity contribution in [2.45, 2.75) is 39.3 Å². The Labute approximate surface area is 186 Å². The Kier molecular flexibility index (Phi) is 6.68. The molecular formula is C20H23F3N6O4. The number of hydrogen-bond acceptors (Lipinski definition) is 7. The Hall–Kier alpha value is -3.53. The average molecular weight is 468 g/mol. The first-order chi connectivity index (χ1) is 15.5. The van der Waals surface area contributed by atoms with Crippen LogP contribution in [0.4, 0.5) is 19.1 Å². The number of esters is 1. The minimum absolute atomic E-state index is 0.0553. The van der Waals surface area contributed by atoms with Gasteiger partial charge >= 0.3 is 17.8 Å². The molecule has 33 heavy (non-hydrogen) atoms. The number of carbonyl (C=O) groups excluding carboxylic acids is 1. The second-order valence-corrected chi connectivity index (χ2v) is 7.58. The maximum atomic E-state index is 13.0. The Balaban J connectivity index is 2.13. The predicted octanol–water partition coefficient (Wildman–Crippen LogP) is 0.337. The predicted molar refractivity (Wildman–Crippen MR) is 114 cm³/mol. The molecule has 0 saturated carbocycles. The highest BCUT2D eigenvalue weighted by atomic mass is 19.4. The molecule has 3 rings (SSSR count). The molecule has 1 N–H and O–H groups in total. The Morgan fingerprint density at radius 1 is 1.33 bits per heavy atom. The summed E-state index contributed by atoms with van der Waals surface area (Å²) in [5.74, 6) is 3.49. The maximum Gasteiger partial charge on any atom is 0.490 e. The number of carbonyl (C=O) groups is 1. The van der Waals surface area contributed by atoms with Gasteiger partial charge in [-0.05, 0) is 13.8 Å². The zero-order valence-corrected chi connectivity index (χ0v) is 18.3. The first-order valence-electron chi connectivity index (χ1n) is 9.95. The summed E-state index contributed by atoms with van der Waals surface area (Å²) in [5, 5.41) is 2.70. The van der Waals surface area contributed by atoms with Gasteiger partial charge in [0.05, 0.1) is 13.1 Å². The third-order valence-corrected chi connectivity index (χ3v) is 4.96. The van der Waals surface area contributed by atoms with Crippen LogP contribution in [0.1, 0.15) is 13.8 Å². The molecule has 13 heteroatoms. The molecule has 2 aromatic rings. The second kappa shape index (κ2) is 9.14. The molecule has 0 amide bonds. The molecule has 2 aromatic heterocycles. The number of allylic oxidation sites excluding steroid dienone is 1. The van der Waals surface area contributed by atoms with Crippen molar-refractivity contribution < 1.29 is 22.7 Å². The number of halogens is 3. The van der Waals surface area contributed by atoms with Crippen LogP contribution in [-0.4, -0.2) is 56.7 Å². The maximum absolute atomic E-state index is 13.0. The van der Waals surface area contributed by atoms with Gasteiger partial charge in [-0.25, -0.2) is 9.59 Å². The van der Waals surface area contributed by atoms with E-state index in [1.54, 1.807) is 18.7 Å². The number of rotatable bonds is 5. The number of fused-ring (bicyclic) bond motifs is 1. The Bertz CT molecular complexity index is 1280. The number of nitrogens with one attached hydrogen (secondary N) is 1. The topological polar surface area (TPSA) is 103 Å². The Morgan fingerprint density at radius 2 is 2.03 bits per heavy atom. The molecule has 0 radical (unpaired) electrons. The van der Waals surface area contributed by atoms with E-state index in [0.29, 0.717) is 12.1 Å². The molecule has 1 unspecified atom stereocenters. The van der Waals surface area contributed by atoms with Gasteiger partial charge in [0, 0.05) is 26.7 Å². The van der Waals surface area contributed by atoms with Crippen molar-refractivity contribution in [3.63, 3.8) is 0 Å². The highest BCUT2D eigenvalue weighted by Gasteiger charge is 2.43. The van der Waals surface area contributed by atoms with Gasteiger partial charge < -0.3 is 9.64 Å². The lowest BCUT2D eigenvalue weighted by atomic mass is 10.3. The van der Waals surface area contributed by atoms with E-state index in [1.165, 1.54) is 16.2 Å². The summed E-state index contributed by atoms with van der Waals surface area (Å²) in [5.41, 5.74) is -0.270. The van der Waals surface area contributed by atoms with Crippen molar-refractivity contribution in [2.24, 2.45) is 7.05 Å². The van der Waals surface area contributed by atoms with E-state index in [0.717, 1.165) is 4.57 Å². The number of nitrogens with zero attached hydrogens (tertiary/aromatic N) is 5. The molecule has 1 aliphatic rings. The molecule has 1 atom stereocenters. The number of alkyl halides is 3. The summed E-state index contributed by atoms with van der Waals surface area (Å²) in [7, 11) is 1.35. The van der Waals surface area contributed by atoms with Crippen molar-refractivity contribution in [1.29, 1.82) is 0 Å². The highest BCUT2D eigenvalue weighted by molar-refractivity contribution is 5.76. The number of ether oxygens (including phenoxy) is 1. The van der Waals surface area contributed by atoms with E-state index in [1.807, 2.05) is 0 Å². The summed E-state index contributed by atoms with van der Waals surface area (Å²) >= 11 is 0. The lowest BCUT2D eigenvalue weighted by Crippen LogP contribution is -2.54. The number of anilines is 1. The van der Waals surface area contributed by atoms with Crippen LogP contribution in [-0.2, 0) is 29.7 Å². The van der Waals surface area contributed by atoms with E-state index in [-0.39, 0.29) is 43.3 Å². The summed E-state index contributed by atoms with van der Waals surface area (Å²) in [6.45, 7) is 7.66. The summed E-state index contributed by atoms with van der Waals surface area (Å²) in [6, 6.07) is 0. The van der Waals surface area contributed by atoms with Gasteiger partial charge in [0.15, 0.2) is 17.4 Å². The van der Waals surface area contributed by atoms with Gasteiger partial charge in [0.2, 0.25) is 5.95 Å². The largest absolute Gasteiger partial charge is 0.490 e. The van der Waals surface area contributed by atoms with E-state index < -0.39 is 29.6 Å². The van der Waals surface area contributed by atoms with Crippen LogP contribution in [0.25, 0.3) is 11.2 Å². The third kappa shape index (κ3) is 4.80. The number of aromatic nitrogens is 4. The molecule has 0 aliphatic carbocycles. The molecule has 0 bridgehead atoms. The van der Waals surface area contributed by atoms with E-state index in [4.69, 9.17) is 0 Å². The summed E-state index contributed by atoms with van der Waals surface area (Å²) in [6.07, 6.45) is -6.38. The standard InChI is InChI=1S/C20H23F3N6O4/c1-5-6-8-28-14-15(29(10-12(2)3)19(32)26(4)16(14)30)25-18(28)27-9-7-24-13(11-27)33-17(31)20(21,22)23/h13,24H,2,7-11H2,1,3-4H3. The zero-order chi connectivity index (χ0) is 24.5. The average Bonchev–Trinajstić information content (AvgIpc) is 3.12. The molecule has 1 saturated heterocycles. The number of imidazole rings is 1. The molecule has 1 aliphatic heterocycles. The van der Waals surface area contributed by atoms with E-state index in [2.05, 4.69) is 33.5 Å². The van der Waals surface area contributed by atoms with E-state index in [9.17, 15) is 27.6 Å². The minimum Gasteiger partial charge on any atom is -0.438 e. The van der Waals surface area contributed by atoms with Crippen LogP contribution in [0, 0.1) is 11.8 Å². The fourth-order valence-electron chi connectivity index (χ4n) is 3.48. The van der Waals surface area contributed by atoms with Gasteiger partial charge in [-0.15, -0.1) is 5.92 Å². The minimum atomic E-state index is -5.13. The molecule has 3 heterocycles. The molecule has 178 valence electrons. The second-order valence-electron chi connectivity index (χ2n) is 7.58. The van der Waals surface area contributed by atoms with Crippen LogP contribution in [0.5, 0.6) is 0 Å². The Morgan fingerprint density at radius 3 is 2.64 bits per heavy atom. The van der Waals surface area contributed by atoms with Gasteiger partial charge in [-0.2, -0.15) is 18.2 Å². The zero-order valence-electron chi connectivity index (χ0n) is 18.3. The van der Waals surface area contributed by atoms with Gasteiger partial charge in [-0.1, -0.05) is 18.1 Å². The quantitative estimate of drug-likeness (QED) is 0.383. The van der Waals surface area contributed by atoms with Crippen molar-refractivity contribution in [3.8, 4) is 11.8 Å². The fraction of sp³-hybridized carbons (Fsp3) is 0.500. The van der Waals surface area contributed by atoms with Crippen LogP contribution in [0.15, 0.2) is 21.7 Å². The SMILES string of the molecule is C=C(C)Cn1c(=O)n(C)c(=O)c2c1nc(N1CCNC(OC(=O)C(F)(F)F)C1)n2CC#CC. The lowest BCUT2D eigenvalue weighted by molar-refractivity contribution is -0.206. The molecule has 10 nitrogen and oxygen atoms in total. The van der Waals surface area contributed by atoms with Crippen molar-refractivity contribution in [1.82, 2.24) is 24.0 Å². The monoisotopic (exact) mass is 468 g/mol.